The molecule has 0 amide bonds. The Morgan fingerprint density at radius 2 is 1.39 bits per heavy atom. The lowest BCUT2D eigenvalue weighted by Gasteiger charge is -2.50. The van der Waals surface area contributed by atoms with Crippen molar-refractivity contribution in [1.82, 2.24) is 10.2 Å². The summed E-state index contributed by atoms with van der Waals surface area (Å²) in [6.07, 6.45) is 3.25. The molecular formula is C26H34N2O5. The third kappa shape index (κ3) is 3.72. The van der Waals surface area contributed by atoms with Crippen LogP contribution in [0.2, 0.25) is 0 Å². The van der Waals surface area contributed by atoms with Gasteiger partial charge in [0.05, 0.1) is 40.1 Å². The molecule has 0 radical (unpaired) electrons. The first kappa shape index (κ1) is 22.3. The van der Waals surface area contributed by atoms with Crippen molar-refractivity contribution in [3.8, 4) is 23.0 Å². The average Bonchev–Trinajstić information content (AvgIpc) is 2.86. The van der Waals surface area contributed by atoms with Crippen LogP contribution in [0.4, 0.5) is 0 Å². The van der Waals surface area contributed by atoms with E-state index in [1.54, 1.807) is 28.4 Å². The normalized spacial score (nSPS) is 26.6. The Labute approximate surface area is 195 Å². The van der Waals surface area contributed by atoms with Gasteiger partial charge in [-0.15, -0.1) is 0 Å². The second kappa shape index (κ2) is 8.70. The molecule has 2 aromatic rings. The molecule has 3 aliphatic rings. The van der Waals surface area contributed by atoms with Crippen molar-refractivity contribution < 1.29 is 24.1 Å². The molecule has 0 saturated carbocycles. The quantitative estimate of drug-likeness (QED) is 0.720. The van der Waals surface area contributed by atoms with Crippen molar-refractivity contribution in [3.63, 3.8) is 0 Å². The number of nitrogens with zero attached hydrogens (tertiary/aromatic N) is 1. The molecule has 0 aliphatic carbocycles. The van der Waals surface area contributed by atoms with Crippen molar-refractivity contribution in [2.45, 2.75) is 43.4 Å². The third-order valence-electron chi connectivity index (χ3n) is 7.73. The lowest BCUT2D eigenvalue weighted by molar-refractivity contribution is -0.0776. The second-order valence-corrected chi connectivity index (χ2v) is 9.31. The zero-order valence-corrected chi connectivity index (χ0v) is 19.9. The molecule has 0 spiro atoms. The van der Waals surface area contributed by atoms with Crippen LogP contribution in [-0.2, 0) is 12.8 Å². The van der Waals surface area contributed by atoms with Gasteiger partial charge in [0.1, 0.15) is 0 Å². The van der Waals surface area contributed by atoms with Crippen molar-refractivity contribution in [3.05, 3.63) is 46.5 Å². The molecule has 5 rings (SSSR count). The summed E-state index contributed by atoms with van der Waals surface area (Å²) in [6, 6.07) is 8.29. The maximum Gasteiger partial charge on any atom is 0.161 e. The number of aliphatic hydroxyl groups is 1. The molecule has 7 heteroatoms. The lowest BCUT2D eigenvalue weighted by Crippen LogP contribution is -2.55. The van der Waals surface area contributed by atoms with Crippen LogP contribution in [0.1, 0.15) is 47.2 Å². The Morgan fingerprint density at radius 3 is 2.03 bits per heavy atom. The molecule has 3 unspecified atom stereocenters. The van der Waals surface area contributed by atoms with E-state index >= 15 is 0 Å². The van der Waals surface area contributed by atoms with Crippen LogP contribution in [0.15, 0.2) is 24.3 Å². The van der Waals surface area contributed by atoms with Gasteiger partial charge in [0.15, 0.2) is 23.0 Å². The molecule has 3 atom stereocenters. The first-order valence-electron chi connectivity index (χ1n) is 11.7. The fourth-order valence-corrected chi connectivity index (χ4v) is 5.99. The fraction of sp³-hybridized carbons (Fsp3) is 0.538. The summed E-state index contributed by atoms with van der Waals surface area (Å²) < 4.78 is 22.2. The Morgan fingerprint density at radius 1 is 0.818 bits per heavy atom. The van der Waals surface area contributed by atoms with Crippen molar-refractivity contribution in [2.24, 2.45) is 0 Å². The summed E-state index contributed by atoms with van der Waals surface area (Å²) in [5.41, 5.74) is 3.96. The van der Waals surface area contributed by atoms with Gasteiger partial charge in [-0.2, -0.15) is 0 Å². The summed E-state index contributed by atoms with van der Waals surface area (Å²) in [7, 11) is 6.67. The topological polar surface area (TPSA) is 72.4 Å². The number of fused-ring (bicyclic) bond motifs is 4. The molecule has 3 aliphatic heterocycles. The summed E-state index contributed by atoms with van der Waals surface area (Å²) in [5.74, 6) is 2.94. The van der Waals surface area contributed by atoms with Gasteiger partial charge in [-0.25, -0.2) is 0 Å². The molecule has 7 nitrogen and oxygen atoms in total. The molecule has 2 N–H and O–H groups in total. The number of hydrogen-bond donors (Lipinski definition) is 2. The van der Waals surface area contributed by atoms with Crippen LogP contribution < -0.4 is 24.3 Å². The molecular weight excluding hydrogens is 420 g/mol. The van der Waals surface area contributed by atoms with E-state index in [9.17, 15) is 5.11 Å². The van der Waals surface area contributed by atoms with Crippen LogP contribution >= 0.6 is 0 Å². The van der Waals surface area contributed by atoms with E-state index in [2.05, 4.69) is 28.4 Å². The Bertz CT molecular complexity index is 1040. The van der Waals surface area contributed by atoms with E-state index in [0.717, 1.165) is 61.7 Å². The van der Waals surface area contributed by atoms with Gasteiger partial charge in [-0.3, -0.25) is 4.90 Å². The van der Waals surface area contributed by atoms with Crippen LogP contribution in [0.5, 0.6) is 23.0 Å². The SMILES string of the molecule is COc1cc2c(cc1OC)C1CC(O)(C3NCCc4cc(OC)c(OC)cc43)CCN1CC2. The highest BCUT2D eigenvalue weighted by Gasteiger charge is 2.47. The molecule has 0 aromatic heterocycles. The van der Waals surface area contributed by atoms with Crippen LogP contribution in [0.25, 0.3) is 0 Å². The molecule has 0 bridgehead atoms. The van der Waals surface area contributed by atoms with Gasteiger partial charge in [-0.05, 0) is 78.7 Å². The smallest absolute Gasteiger partial charge is 0.161 e. The largest absolute Gasteiger partial charge is 0.493 e. The van der Waals surface area contributed by atoms with Gasteiger partial charge in [0.2, 0.25) is 0 Å². The lowest BCUT2D eigenvalue weighted by atomic mass is 9.72. The minimum Gasteiger partial charge on any atom is -0.493 e. The maximum atomic E-state index is 12.1. The molecule has 1 saturated heterocycles. The minimum atomic E-state index is -0.877. The molecule has 1 fully saturated rings. The van der Waals surface area contributed by atoms with E-state index in [1.165, 1.54) is 16.7 Å². The number of benzene rings is 2. The van der Waals surface area contributed by atoms with E-state index in [1.807, 2.05) is 6.07 Å². The highest BCUT2D eigenvalue weighted by Crippen LogP contribution is 2.49. The summed E-state index contributed by atoms with van der Waals surface area (Å²) >= 11 is 0. The molecule has 2 aromatic carbocycles. The Kier molecular flexibility index (Phi) is 5.89. The van der Waals surface area contributed by atoms with Crippen LogP contribution in [-0.4, -0.2) is 63.7 Å². The monoisotopic (exact) mass is 454 g/mol. The fourth-order valence-electron chi connectivity index (χ4n) is 5.99. The highest BCUT2D eigenvalue weighted by molar-refractivity contribution is 5.51. The first-order chi connectivity index (χ1) is 16.0. The number of piperidine rings is 1. The Hall–Kier alpha value is -2.48. The number of nitrogens with one attached hydrogen (secondary N) is 1. The molecule has 3 heterocycles. The standard InChI is InChI=1S/C26H34N2O5/c1-30-21-11-16-5-8-27-25(19(16)14-24(21)33-4)26(29)7-10-28-9-6-17-12-22(31-2)23(32-3)13-18(17)20(28)15-26/h11-14,20,25,27,29H,5-10,15H2,1-4H3. The Balaban J connectivity index is 1.51. The van der Waals surface area contributed by atoms with Gasteiger partial charge in [-0.1, -0.05) is 0 Å². The first-order valence-corrected chi connectivity index (χ1v) is 11.7. The predicted octanol–water partition coefficient (Wildman–Crippen LogP) is 3.03. The average molecular weight is 455 g/mol. The number of methoxy groups -OCH3 is 4. The number of ether oxygens (including phenoxy) is 4. The zero-order valence-electron chi connectivity index (χ0n) is 19.9. The van der Waals surface area contributed by atoms with Gasteiger partial charge < -0.3 is 29.4 Å². The predicted molar refractivity (Wildman–Crippen MR) is 126 cm³/mol. The third-order valence-corrected chi connectivity index (χ3v) is 7.73. The molecule has 178 valence electrons. The second-order valence-electron chi connectivity index (χ2n) is 9.31. The van der Waals surface area contributed by atoms with Gasteiger partial charge in [0.25, 0.3) is 0 Å². The van der Waals surface area contributed by atoms with Crippen molar-refractivity contribution >= 4 is 0 Å². The van der Waals surface area contributed by atoms with Crippen LogP contribution in [0.3, 0.4) is 0 Å². The highest BCUT2D eigenvalue weighted by atomic mass is 16.5. The maximum absolute atomic E-state index is 12.1. The zero-order chi connectivity index (χ0) is 23.2. The van der Waals surface area contributed by atoms with Crippen molar-refractivity contribution in [1.29, 1.82) is 0 Å². The van der Waals surface area contributed by atoms with Crippen LogP contribution in [0, 0.1) is 0 Å². The van der Waals surface area contributed by atoms with E-state index in [-0.39, 0.29) is 12.1 Å². The van der Waals surface area contributed by atoms with Gasteiger partial charge in [0, 0.05) is 19.1 Å². The molecule has 33 heavy (non-hydrogen) atoms. The minimum absolute atomic E-state index is 0.139. The van der Waals surface area contributed by atoms with E-state index < -0.39 is 5.60 Å². The van der Waals surface area contributed by atoms with Gasteiger partial charge >= 0.3 is 0 Å². The van der Waals surface area contributed by atoms with Crippen molar-refractivity contribution in [2.75, 3.05) is 48.1 Å². The number of hydrogen-bond acceptors (Lipinski definition) is 7. The summed E-state index contributed by atoms with van der Waals surface area (Å²) in [6.45, 7) is 2.67. The number of rotatable bonds is 5. The van der Waals surface area contributed by atoms with E-state index in [0.29, 0.717) is 12.2 Å². The summed E-state index contributed by atoms with van der Waals surface area (Å²) in [4.78, 5) is 2.50. The van der Waals surface area contributed by atoms with E-state index in [4.69, 9.17) is 18.9 Å². The summed E-state index contributed by atoms with van der Waals surface area (Å²) in [5, 5.41) is 15.7.